The van der Waals surface area contributed by atoms with E-state index in [1.54, 1.807) is 5.51 Å². The number of thiazole rings is 1. The summed E-state index contributed by atoms with van der Waals surface area (Å²) in [5.74, 6) is 0.159. The van der Waals surface area contributed by atoms with Gasteiger partial charge < -0.3 is 11.1 Å². The minimum absolute atomic E-state index is 0.247. The quantitative estimate of drug-likeness (QED) is 0.678. The topological polar surface area (TPSA) is 96.7 Å². The van der Waals surface area contributed by atoms with Crippen molar-refractivity contribution in [3.63, 3.8) is 0 Å². The highest BCUT2D eigenvalue weighted by Crippen LogP contribution is 2.14. The molecule has 6 nitrogen and oxygen atoms in total. The Morgan fingerprint density at radius 1 is 1.57 bits per heavy atom. The zero-order chi connectivity index (χ0) is 9.97. The van der Waals surface area contributed by atoms with Gasteiger partial charge in [-0.3, -0.25) is 14.9 Å². The van der Waals surface area contributed by atoms with Gasteiger partial charge in [0.2, 0.25) is 0 Å². The molecule has 2 aromatic rings. The minimum atomic E-state index is -0.247. The van der Waals surface area contributed by atoms with E-state index in [9.17, 15) is 4.79 Å². The number of nitrogens with two attached hydrogens (primary N) is 1. The van der Waals surface area contributed by atoms with Gasteiger partial charge in [-0.1, -0.05) is 0 Å². The molecule has 0 fully saturated rings. The Morgan fingerprint density at radius 3 is 3.00 bits per heavy atom. The fourth-order valence-corrected chi connectivity index (χ4v) is 1.41. The van der Waals surface area contributed by atoms with Crippen LogP contribution >= 0.6 is 11.3 Å². The number of hydrogen-bond acceptors (Lipinski definition) is 5. The molecule has 14 heavy (non-hydrogen) atoms. The van der Waals surface area contributed by atoms with Crippen LogP contribution < -0.4 is 11.1 Å². The summed E-state index contributed by atoms with van der Waals surface area (Å²) in [6.45, 7) is 0. The van der Waals surface area contributed by atoms with E-state index in [1.807, 2.05) is 0 Å². The summed E-state index contributed by atoms with van der Waals surface area (Å²) in [5.41, 5.74) is 7.52. The average Bonchev–Trinajstić information content (AvgIpc) is 2.77. The van der Waals surface area contributed by atoms with Gasteiger partial charge in [0.1, 0.15) is 4.88 Å². The van der Waals surface area contributed by atoms with Gasteiger partial charge in [-0.15, -0.1) is 11.3 Å². The molecule has 2 heterocycles. The van der Waals surface area contributed by atoms with Crippen molar-refractivity contribution in [1.82, 2.24) is 15.2 Å². The molecule has 0 saturated heterocycles. The SMILES string of the molecule is Nc1cn[nH]c1NC(=O)c1cncs1. The van der Waals surface area contributed by atoms with Crippen molar-refractivity contribution < 1.29 is 4.79 Å². The number of hydrogen-bond donors (Lipinski definition) is 3. The van der Waals surface area contributed by atoms with Gasteiger partial charge in [-0.25, -0.2) is 0 Å². The number of aromatic amines is 1. The van der Waals surface area contributed by atoms with Crippen LogP contribution in [-0.4, -0.2) is 21.1 Å². The smallest absolute Gasteiger partial charge is 0.268 e. The van der Waals surface area contributed by atoms with Gasteiger partial charge in [-0.2, -0.15) is 5.10 Å². The molecular weight excluding hydrogens is 202 g/mol. The first kappa shape index (κ1) is 8.70. The molecule has 0 aliphatic carbocycles. The highest BCUT2D eigenvalue weighted by Gasteiger charge is 2.09. The van der Waals surface area contributed by atoms with E-state index >= 15 is 0 Å². The molecule has 0 spiro atoms. The number of amides is 1. The second-order valence-corrected chi connectivity index (χ2v) is 3.41. The lowest BCUT2D eigenvalue weighted by Crippen LogP contribution is -2.11. The molecule has 7 heteroatoms. The molecule has 0 atom stereocenters. The van der Waals surface area contributed by atoms with Gasteiger partial charge in [0.25, 0.3) is 5.91 Å². The molecule has 72 valence electrons. The lowest BCUT2D eigenvalue weighted by molar-refractivity contribution is 0.103. The summed E-state index contributed by atoms with van der Waals surface area (Å²) in [7, 11) is 0. The first-order chi connectivity index (χ1) is 6.77. The molecule has 2 aromatic heterocycles. The van der Waals surface area contributed by atoms with Gasteiger partial charge in [0, 0.05) is 0 Å². The van der Waals surface area contributed by atoms with Gasteiger partial charge >= 0.3 is 0 Å². The standard InChI is InChI=1S/C7H7N5OS/c8-4-1-10-12-6(4)11-7(13)5-2-9-3-14-5/h1-3H,8H2,(H2,10,11,12,13). The Morgan fingerprint density at radius 2 is 2.43 bits per heavy atom. The summed E-state index contributed by atoms with van der Waals surface area (Å²) < 4.78 is 0. The van der Waals surface area contributed by atoms with E-state index in [0.717, 1.165) is 0 Å². The van der Waals surface area contributed by atoms with Crippen LogP contribution in [0.4, 0.5) is 11.5 Å². The van der Waals surface area contributed by atoms with Crippen molar-refractivity contribution in [3.05, 3.63) is 22.8 Å². The number of H-pyrrole nitrogens is 1. The van der Waals surface area contributed by atoms with E-state index < -0.39 is 0 Å². The molecule has 0 saturated carbocycles. The molecular formula is C7H7N5OS. The van der Waals surface area contributed by atoms with E-state index in [0.29, 0.717) is 16.4 Å². The van der Waals surface area contributed by atoms with Crippen molar-refractivity contribution in [2.24, 2.45) is 0 Å². The normalized spacial score (nSPS) is 10.0. The van der Waals surface area contributed by atoms with Crippen molar-refractivity contribution in [1.29, 1.82) is 0 Å². The lowest BCUT2D eigenvalue weighted by atomic mass is 10.4. The molecule has 0 aliphatic heterocycles. The molecule has 2 rings (SSSR count). The maximum atomic E-state index is 11.5. The number of anilines is 2. The van der Waals surface area contributed by atoms with E-state index in [-0.39, 0.29) is 5.91 Å². The highest BCUT2D eigenvalue weighted by atomic mass is 32.1. The molecule has 1 amide bonds. The van der Waals surface area contributed by atoms with Gasteiger partial charge in [0.15, 0.2) is 5.82 Å². The minimum Gasteiger partial charge on any atom is -0.394 e. The van der Waals surface area contributed by atoms with Crippen LogP contribution in [0.25, 0.3) is 0 Å². The third-order valence-corrected chi connectivity index (χ3v) is 2.34. The van der Waals surface area contributed by atoms with Crippen LogP contribution in [0.3, 0.4) is 0 Å². The van der Waals surface area contributed by atoms with Crippen LogP contribution in [0, 0.1) is 0 Å². The Kier molecular flexibility index (Phi) is 2.15. The first-order valence-corrected chi connectivity index (χ1v) is 4.64. The summed E-state index contributed by atoms with van der Waals surface area (Å²) >= 11 is 1.26. The van der Waals surface area contributed by atoms with E-state index in [1.165, 1.54) is 23.7 Å². The Bertz CT molecular complexity index is 435. The van der Waals surface area contributed by atoms with Crippen molar-refractivity contribution in [2.75, 3.05) is 11.1 Å². The fraction of sp³-hybridized carbons (Fsp3) is 0. The highest BCUT2D eigenvalue weighted by molar-refractivity contribution is 7.11. The van der Waals surface area contributed by atoms with Crippen LogP contribution in [-0.2, 0) is 0 Å². The second kappa shape index (κ2) is 3.46. The largest absolute Gasteiger partial charge is 0.394 e. The van der Waals surface area contributed by atoms with E-state index in [2.05, 4.69) is 20.5 Å². The number of nitrogens with zero attached hydrogens (tertiary/aromatic N) is 2. The molecule has 4 N–H and O–H groups in total. The van der Waals surface area contributed by atoms with Crippen LogP contribution in [0.2, 0.25) is 0 Å². The third kappa shape index (κ3) is 1.57. The number of nitrogen functional groups attached to an aromatic ring is 1. The van der Waals surface area contributed by atoms with Crippen molar-refractivity contribution in [2.45, 2.75) is 0 Å². The average molecular weight is 209 g/mol. The molecule has 0 radical (unpaired) electrons. The third-order valence-electron chi connectivity index (χ3n) is 1.56. The number of aromatic nitrogens is 3. The predicted octanol–water partition coefficient (Wildman–Crippen LogP) is 0.701. The van der Waals surface area contributed by atoms with Gasteiger partial charge in [0.05, 0.1) is 23.6 Å². The summed E-state index contributed by atoms with van der Waals surface area (Å²) in [5, 5.41) is 8.84. The zero-order valence-corrected chi connectivity index (χ0v) is 7.84. The maximum absolute atomic E-state index is 11.5. The summed E-state index contributed by atoms with van der Waals surface area (Å²) in [6.07, 6.45) is 2.93. The fourth-order valence-electron chi connectivity index (χ4n) is 0.899. The number of rotatable bonds is 2. The van der Waals surface area contributed by atoms with Crippen LogP contribution in [0.1, 0.15) is 9.67 Å². The number of carbonyl (C=O) groups is 1. The second-order valence-electron chi connectivity index (χ2n) is 2.52. The predicted molar refractivity (Wildman–Crippen MR) is 53.1 cm³/mol. The van der Waals surface area contributed by atoms with Gasteiger partial charge in [-0.05, 0) is 0 Å². The molecule has 0 bridgehead atoms. The van der Waals surface area contributed by atoms with Crippen molar-refractivity contribution in [3.8, 4) is 0 Å². The molecule has 0 aliphatic rings. The zero-order valence-electron chi connectivity index (χ0n) is 7.02. The Hall–Kier alpha value is -1.89. The Labute approximate surface area is 83.2 Å². The Balaban J connectivity index is 2.13. The van der Waals surface area contributed by atoms with Crippen LogP contribution in [0.15, 0.2) is 17.9 Å². The van der Waals surface area contributed by atoms with E-state index in [4.69, 9.17) is 5.73 Å². The number of carbonyl (C=O) groups excluding carboxylic acids is 1. The molecule has 0 unspecified atom stereocenters. The van der Waals surface area contributed by atoms with Crippen LogP contribution in [0.5, 0.6) is 0 Å². The number of nitrogens with one attached hydrogen (secondary N) is 2. The molecule has 0 aromatic carbocycles. The summed E-state index contributed by atoms with van der Waals surface area (Å²) in [4.78, 5) is 15.8. The van der Waals surface area contributed by atoms with Crippen molar-refractivity contribution >= 4 is 28.7 Å². The maximum Gasteiger partial charge on any atom is 0.268 e. The summed E-state index contributed by atoms with van der Waals surface area (Å²) in [6, 6.07) is 0. The lowest BCUT2D eigenvalue weighted by Gasteiger charge is -1.99. The monoisotopic (exact) mass is 209 g/mol. The first-order valence-electron chi connectivity index (χ1n) is 3.76.